The van der Waals surface area contributed by atoms with Crippen LogP contribution in [0.4, 0.5) is 17.6 Å². The van der Waals surface area contributed by atoms with Gasteiger partial charge in [-0.05, 0) is 63.1 Å². The van der Waals surface area contributed by atoms with Crippen molar-refractivity contribution in [2.45, 2.75) is 45.3 Å². The van der Waals surface area contributed by atoms with Crippen LogP contribution in [0.2, 0.25) is 0 Å². The largest absolute Gasteiger partial charge is 0.412 e. The maximum absolute atomic E-state index is 13.7. The van der Waals surface area contributed by atoms with E-state index in [1.165, 1.54) is 46.7 Å². The Morgan fingerprint density at radius 1 is 1.13 bits per heavy atom. The summed E-state index contributed by atoms with van der Waals surface area (Å²) < 4.78 is 54.0. The zero-order valence-corrected chi connectivity index (χ0v) is 21.2. The molecule has 1 aliphatic rings. The van der Waals surface area contributed by atoms with Crippen molar-refractivity contribution < 1.29 is 27.6 Å². The Labute approximate surface area is 221 Å². The number of halogens is 4. The highest BCUT2D eigenvalue weighted by atomic mass is 19.4. The van der Waals surface area contributed by atoms with E-state index in [-0.39, 0.29) is 37.3 Å². The van der Waals surface area contributed by atoms with Gasteiger partial charge in [0.2, 0.25) is 5.91 Å². The number of rotatable bonds is 7. The number of amides is 1. The van der Waals surface area contributed by atoms with Gasteiger partial charge in [-0.3, -0.25) is 14.2 Å². The molecule has 0 spiro atoms. The van der Waals surface area contributed by atoms with Crippen molar-refractivity contribution in [3.8, 4) is 5.69 Å². The van der Waals surface area contributed by atoms with Crippen LogP contribution in [-0.4, -0.2) is 44.0 Å². The molecule has 1 heterocycles. The number of allylic oxidation sites excluding steroid dienone is 3. The average molecular weight is 543 g/mol. The molecule has 0 fully saturated rings. The van der Waals surface area contributed by atoms with E-state index in [0.717, 1.165) is 6.08 Å². The molecule has 2 aromatic carbocycles. The molecule has 1 aromatic heterocycles. The van der Waals surface area contributed by atoms with Crippen LogP contribution in [0, 0.1) is 5.82 Å². The van der Waals surface area contributed by atoms with Crippen molar-refractivity contribution in [3.63, 3.8) is 0 Å². The maximum atomic E-state index is 13.7. The van der Waals surface area contributed by atoms with Crippen LogP contribution in [0.3, 0.4) is 0 Å². The van der Waals surface area contributed by atoms with Crippen LogP contribution < -0.4 is 5.56 Å². The number of carbonyl (C=O) groups excluding carboxylic acids is 1. The minimum Gasteiger partial charge on any atom is -0.411 e. The Bertz CT molecular complexity index is 1540. The molecule has 0 aliphatic heterocycles. The molecule has 1 atom stereocenters. The molecule has 3 aromatic rings. The highest BCUT2D eigenvalue weighted by Gasteiger charge is 2.34. The predicted molar refractivity (Wildman–Crippen MR) is 138 cm³/mol. The molecule has 7 nitrogen and oxygen atoms in total. The van der Waals surface area contributed by atoms with E-state index >= 15 is 0 Å². The van der Waals surface area contributed by atoms with Crippen molar-refractivity contribution in [1.82, 2.24) is 14.5 Å². The smallest absolute Gasteiger partial charge is 0.411 e. The van der Waals surface area contributed by atoms with Gasteiger partial charge in [-0.1, -0.05) is 35.0 Å². The third kappa shape index (κ3) is 6.08. The molecule has 1 amide bonds. The molecular weight excluding hydrogens is 516 g/mol. The van der Waals surface area contributed by atoms with Crippen LogP contribution in [-0.2, 0) is 4.79 Å². The second kappa shape index (κ2) is 11.2. The van der Waals surface area contributed by atoms with E-state index in [1.807, 2.05) is 0 Å². The van der Waals surface area contributed by atoms with Gasteiger partial charge >= 0.3 is 6.18 Å². The highest BCUT2D eigenvalue weighted by Crippen LogP contribution is 2.34. The zero-order valence-electron chi connectivity index (χ0n) is 21.2. The normalized spacial score (nSPS) is 15.1. The first-order chi connectivity index (χ1) is 18.5. The fourth-order valence-corrected chi connectivity index (χ4v) is 4.49. The van der Waals surface area contributed by atoms with E-state index in [0.29, 0.717) is 22.2 Å². The lowest BCUT2D eigenvalue weighted by atomic mass is 9.95. The van der Waals surface area contributed by atoms with Crippen LogP contribution in [0.1, 0.15) is 45.0 Å². The number of para-hydroxylation sites is 1. The molecule has 0 saturated heterocycles. The molecular formula is C28H26F4N4O3. The van der Waals surface area contributed by atoms with Gasteiger partial charge in [0.25, 0.3) is 5.56 Å². The number of alkyl halides is 3. The second-order valence-electron chi connectivity index (χ2n) is 9.33. The minimum absolute atomic E-state index is 0.0703. The summed E-state index contributed by atoms with van der Waals surface area (Å²) in [4.78, 5) is 33.2. The van der Waals surface area contributed by atoms with Crippen molar-refractivity contribution in [3.05, 3.63) is 93.8 Å². The quantitative estimate of drug-likeness (QED) is 0.175. The van der Waals surface area contributed by atoms with Gasteiger partial charge in [-0.15, -0.1) is 0 Å². The fourth-order valence-electron chi connectivity index (χ4n) is 4.49. The number of aromatic nitrogens is 2. The third-order valence-electron chi connectivity index (χ3n) is 6.60. The Morgan fingerprint density at radius 3 is 2.44 bits per heavy atom. The van der Waals surface area contributed by atoms with Crippen LogP contribution in [0.15, 0.2) is 81.8 Å². The van der Waals surface area contributed by atoms with E-state index in [1.54, 1.807) is 31.2 Å². The Morgan fingerprint density at radius 2 is 1.82 bits per heavy atom. The lowest BCUT2D eigenvalue weighted by molar-refractivity contribution is -0.132. The number of fused-ring (bicyclic) bond motifs is 1. The molecule has 39 heavy (non-hydrogen) atoms. The van der Waals surface area contributed by atoms with Gasteiger partial charge < -0.3 is 10.1 Å². The standard InChI is InChI=1S/C28H26F4N4O3/c1-17(34-39)16-35(25(37)15-19-7-9-20(10-8-19)28(30,31)32)18(2)26-33-24-6-4-3-5-23(24)27(38)36(26)22-13-11-21(29)12-14-22/h3-7,9,11-14,18,39H,8,10,15-16H2,1-2H3/b34-17+/t18-/m1/s1. The highest BCUT2D eigenvalue weighted by molar-refractivity contribution is 5.89. The van der Waals surface area contributed by atoms with Crippen LogP contribution in [0.25, 0.3) is 16.6 Å². The lowest BCUT2D eigenvalue weighted by Gasteiger charge is -2.31. The fraction of sp³-hybridized carbons (Fsp3) is 0.286. The van der Waals surface area contributed by atoms with Gasteiger partial charge in [0.15, 0.2) is 0 Å². The molecule has 0 bridgehead atoms. The number of benzene rings is 2. The summed E-state index contributed by atoms with van der Waals surface area (Å²) in [7, 11) is 0. The van der Waals surface area contributed by atoms with E-state index in [2.05, 4.69) is 10.1 Å². The zero-order chi connectivity index (χ0) is 28.3. The summed E-state index contributed by atoms with van der Waals surface area (Å²) in [5.74, 6) is -0.764. The summed E-state index contributed by atoms with van der Waals surface area (Å²) in [6, 6.07) is 11.1. The lowest BCUT2D eigenvalue weighted by Crippen LogP contribution is -2.40. The first kappa shape index (κ1) is 27.7. The number of hydrogen-bond acceptors (Lipinski definition) is 5. The van der Waals surface area contributed by atoms with Crippen molar-refractivity contribution >= 4 is 22.5 Å². The summed E-state index contributed by atoms with van der Waals surface area (Å²) in [5.41, 5.74) is 0.364. The molecule has 11 heteroatoms. The number of hydrogen-bond donors (Lipinski definition) is 1. The third-order valence-corrected chi connectivity index (χ3v) is 6.60. The predicted octanol–water partition coefficient (Wildman–Crippen LogP) is 5.86. The average Bonchev–Trinajstić information content (AvgIpc) is 2.91. The first-order valence-corrected chi connectivity index (χ1v) is 12.2. The second-order valence-corrected chi connectivity index (χ2v) is 9.33. The van der Waals surface area contributed by atoms with Crippen molar-refractivity contribution in [2.24, 2.45) is 5.16 Å². The van der Waals surface area contributed by atoms with Gasteiger partial charge in [-0.2, -0.15) is 13.2 Å². The minimum atomic E-state index is -4.42. The van der Waals surface area contributed by atoms with E-state index in [9.17, 15) is 32.4 Å². The van der Waals surface area contributed by atoms with Crippen LogP contribution in [0.5, 0.6) is 0 Å². The van der Waals surface area contributed by atoms with Crippen molar-refractivity contribution in [1.29, 1.82) is 0 Å². The molecule has 0 radical (unpaired) electrons. The Hall–Kier alpha value is -4.28. The summed E-state index contributed by atoms with van der Waals surface area (Å²) in [6.45, 7) is 3.03. The number of oxime groups is 1. The Kier molecular flexibility index (Phi) is 7.98. The summed E-state index contributed by atoms with van der Waals surface area (Å²) in [6.07, 6.45) is -2.46. The molecule has 1 N–H and O–H groups in total. The molecule has 204 valence electrons. The molecule has 0 unspecified atom stereocenters. The maximum Gasteiger partial charge on any atom is 0.412 e. The SMILES string of the molecule is C/C(CN(C(=O)CC1=CC=C(C(F)(F)F)CC1)[C@H](C)c1nc2ccccc2c(=O)n1-c1ccc(F)cc1)=N\O. The molecule has 1 aliphatic carbocycles. The van der Waals surface area contributed by atoms with E-state index < -0.39 is 35.1 Å². The number of nitrogens with zero attached hydrogens (tertiary/aromatic N) is 4. The van der Waals surface area contributed by atoms with E-state index in [4.69, 9.17) is 0 Å². The van der Waals surface area contributed by atoms with Gasteiger partial charge in [0, 0.05) is 12.0 Å². The first-order valence-electron chi connectivity index (χ1n) is 12.2. The van der Waals surface area contributed by atoms with Gasteiger partial charge in [0.1, 0.15) is 11.6 Å². The Balaban J connectivity index is 1.78. The van der Waals surface area contributed by atoms with Gasteiger partial charge in [-0.25, -0.2) is 9.37 Å². The monoisotopic (exact) mass is 542 g/mol. The topological polar surface area (TPSA) is 87.8 Å². The van der Waals surface area contributed by atoms with Gasteiger partial charge in [0.05, 0.1) is 34.9 Å². The number of carbonyl (C=O) groups is 1. The molecule has 0 saturated carbocycles. The summed E-state index contributed by atoms with van der Waals surface area (Å²) >= 11 is 0. The van der Waals surface area contributed by atoms with Crippen molar-refractivity contribution in [2.75, 3.05) is 6.54 Å². The summed E-state index contributed by atoms with van der Waals surface area (Å²) in [5, 5.41) is 12.8. The van der Waals surface area contributed by atoms with Crippen LogP contribution >= 0.6 is 0 Å². The molecule has 4 rings (SSSR count).